The van der Waals surface area contributed by atoms with Gasteiger partial charge >= 0.3 is 6.18 Å². The van der Waals surface area contributed by atoms with Crippen LogP contribution in [0.2, 0.25) is 5.02 Å². The van der Waals surface area contributed by atoms with Crippen molar-refractivity contribution in [1.29, 1.82) is 0 Å². The fourth-order valence-corrected chi connectivity index (χ4v) is 2.77. The smallest absolute Gasteiger partial charge is 0.297 e. The molecule has 24 heavy (non-hydrogen) atoms. The van der Waals surface area contributed by atoms with E-state index >= 15 is 0 Å². The first kappa shape index (κ1) is 16.6. The number of halogens is 5. The van der Waals surface area contributed by atoms with E-state index in [1.54, 1.807) is 0 Å². The highest BCUT2D eigenvalue weighted by Crippen LogP contribution is 2.31. The van der Waals surface area contributed by atoms with Crippen LogP contribution in [0.3, 0.4) is 0 Å². The number of carbonyl (C=O) groups is 1. The van der Waals surface area contributed by atoms with Crippen molar-refractivity contribution in [2.75, 3.05) is 0 Å². The van der Waals surface area contributed by atoms with Crippen molar-refractivity contribution in [3.05, 3.63) is 70.0 Å². The predicted octanol–water partition coefficient (Wildman–Crippen LogP) is 4.37. The minimum absolute atomic E-state index is 0.107. The molecular formula is C17H10ClF4NO. The second kappa shape index (κ2) is 6.02. The molecule has 7 heteroatoms. The third-order valence-corrected chi connectivity index (χ3v) is 3.93. The molecule has 1 aliphatic heterocycles. The summed E-state index contributed by atoms with van der Waals surface area (Å²) in [6, 6.07) is 7.15. The molecule has 2 aromatic carbocycles. The van der Waals surface area contributed by atoms with Crippen LogP contribution >= 0.6 is 11.6 Å². The number of rotatable bonds is 1. The highest BCUT2D eigenvalue weighted by Gasteiger charge is 2.46. The lowest BCUT2D eigenvalue weighted by molar-refractivity contribution is -0.160. The molecule has 1 aliphatic rings. The summed E-state index contributed by atoms with van der Waals surface area (Å²) in [7, 11) is 0. The molecule has 0 aliphatic carbocycles. The van der Waals surface area contributed by atoms with Crippen LogP contribution in [0.4, 0.5) is 17.6 Å². The SMILES string of the molecule is O=C1Cc2ccc(Cl)cc2C(c2ccccc2F)=N[C@H]1C(F)(F)F. The lowest BCUT2D eigenvalue weighted by atomic mass is 9.95. The van der Waals surface area contributed by atoms with Gasteiger partial charge in [-0.15, -0.1) is 0 Å². The average Bonchev–Trinajstić information content (AvgIpc) is 2.64. The molecule has 2 aromatic rings. The lowest BCUT2D eigenvalue weighted by Gasteiger charge is -2.15. The molecule has 0 saturated carbocycles. The monoisotopic (exact) mass is 355 g/mol. The van der Waals surface area contributed by atoms with Gasteiger partial charge in [0.2, 0.25) is 6.04 Å². The number of hydrogen-bond acceptors (Lipinski definition) is 2. The van der Waals surface area contributed by atoms with Gasteiger partial charge in [0, 0.05) is 22.6 Å². The standard InChI is InChI=1S/C17H10ClF4NO/c18-10-6-5-9-7-14(24)16(17(20,21)22)23-15(12(9)8-10)11-3-1-2-4-13(11)19/h1-6,8,16H,7H2/t16-/m1/s1. The van der Waals surface area contributed by atoms with Gasteiger partial charge in [-0.3, -0.25) is 9.79 Å². The van der Waals surface area contributed by atoms with Crippen LogP contribution in [-0.2, 0) is 11.2 Å². The van der Waals surface area contributed by atoms with Gasteiger partial charge in [0.15, 0.2) is 5.78 Å². The Morgan fingerprint density at radius 1 is 1.08 bits per heavy atom. The Balaban J connectivity index is 2.29. The van der Waals surface area contributed by atoms with E-state index in [9.17, 15) is 22.4 Å². The van der Waals surface area contributed by atoms with Gasteiger partial charge in [-0.2, -0.15) is 13.2 Å². The predicted molar refractivity (Wildman–Crippen MR) is 82.0 cm³/mol. The van der Waals surface area contributed by atoms with Crippen molar-refractivity contribution in [3.8, 4) is 0 Å². The zero-order chi connectivity index (χ0) is 17.5. The summed E-state index contributed by atoms with van der Waals surface area (Å²) < 4.78 is 53.8. The second-order valence-electron chi connectivity index (χ2n) is 5.35. The first-order chi connectivity index (χ1) is 11.3. The first-order valence-electron chi connectivity index (χ1n) is 6.98. The van der Waals surface area contributed by atoms with Crippen molar-refractivity contribution >= 4 is 23.1 Å². The number of ketones is 1. The third-order valence-electron chi connectivity index (χ3n) is 3.69. The Bertz CT molecular complexity index is 845. The van der Waals surface area contributed by atoms with Crippen molar-refractivity contribution in [3.63, 3.8) is 0 Å². The Labute approximate surface area is 139 Å². The van der Waals surface area contributed by atoms with Crippen LogP contribution in [-0.4, -0.2) is 23.7 Å². The number of aliphatic imine (C=N–C) groups is 1. The molecule has 0 saturated heterocycles. The molecule has 0 aromatic heterocycles. The van der Waals surface area contributed by atoms with Crippen molar-refractivity contribution < 1.29 is 22.4 Å². The molecule has 0 fully saturated rings. The molecule has 0 N–H and O–H groups in total. The number of benzene rings is 2. The molecule has 0 bridgehead atoms. The minimum Gasteiger partial charge on any atom is -0.297 e. The van der Waals surface area contributed by atoms with Crippen LogP contribution in [0.25, 0.3) is 0 Å². The number of Topliss-reactive ketones (excluding diaryl/α,β-unsaturated/α-hetero) is 1. The maximum absolute atomic E-state index is 14.1. The summed E-state index contributed by atoms with van der Waals surface area (Å²) in [5.41, 5.74) is 0.231. The summed E-state index contributed by atoms with van der Waals surface area (Å²) in [5, 5.41) is 0.260. The first-order valence-corrected chi connectivity index (χ1v) is 7.36. The zero-order valence-corrected chi connectivity index (χ0v) is 12.8. The quantitative estimate of drug-likeness (QED) is 0.698. The number of fused-ring (bicyclic) bond motifs is 1. The Kier molecular flexibility index (Phi) is 4.17. The second-order valence-corrected chi connectivity index (χ2v) is 5.78. The van der Waals surface area contributed by atoms with Crippen molar-refractivity contribution in [2.24, 2.45) is 4.99 Å². The summed E-state index contributed by atoms with van der Waals surface area (Å²) >= 11 is 5.93. The molecule has 1 heterocycles. The van der Waals surface area contributed by atoms with Gasteiger partial charge in [-0.1, -0.05) is 29.8 Å². The van der Waals surface area contributed by atoms with Gasteiger partial charge in [-0.25, -0.2) is 4.39 Å². The Morgan fingerprint density at radius 3 is 2.46 bits per heavy atom. The molecule has 2 nitrogen and oxygen atoms in total. The molecular weight excluding hydrogens is 346 g/mol. The van der Waals surface area contributed by atoms with Gasteiger partial charge in [-0.05, 0) is 29.8 Å². The van der Waals surface area contributed by atoms with E-state index in [0.29, 0.717) is 5.56 Å². The third kappa shape index (κ3) is 3.06. The maximum atomic E-state index is 14.1. The Hall–Kier alpha value is -2.21. The molecule has 3 rings (SSSR count). The molecule has 0 spiro atoms. The molecule has 0 amide bonds. The molecule has 0 unspecified atom stereocenters. The largest absolute Gasteiger partial charge is 0.417 e. The Morgan fingerprint density at radius 2 is 1.79 bits per heavy atom. The van der Waals surface area contributed by atoms with Crippen molar-refractivity contribution in [2.45, 2.75) is 18.6 Å². The average molecular weight is 356 g/mol. The normalized spacial score (nSPS) is 18.0. The summed E-state index contributed by atoms with van der Waals surface area (Å²) in [6.45, 7) is 0. The van der Waals surface area contributed by atoms with Crippen LogP contribution in [0.15, 0.2) is 47.5 Å². The molecule has 0 radical (unpaired) electrons. The molecule has 1 atom stereocenters. The van der Waals surface area contributed by atoms with Gasteiger partial charge in [0.05, 0.1) is 5.71 Å². The number of alkyl halides is 3. The van der Waals surface area contributed by atoms with E-state index in [1.165, 1.54) is 36.4 Å². The molecule has 124 valence electrons. The van der Waals surface area contributed by atoms with E-state index in [1.807, 2.05) is 0 Å². The van der Waals surface area contributed by atoms with Crippen LogP contribution in [0.1, 0.15) is 16.7 Å². The van der Waals surface area contributed by atoms with E-state index in [2.05, 4.69) is 4.99 Å². The lowest BCUT2D eigenvalue weighted by Crippen LogP contribution is -2.36. The highest BCUT2D eigenvalue weighted by atomic mass is 35.5. The van der Waals surface area contributed by atoms with Crippen LogP contribution in [0, 0.1) is 5.82 Å². The summed E-state index contributed by atoms with van der Waals surface area (Å²) in [5.74, 6) is -1.81. The topological polar surface area (TPSA) is 29.4 Å². The maximum Gasteiger partial charge on any atom is 0.417 e. The van der Waals surface area contributed by atoms with E-state index in [-0.39, 0.29) is 21.9 Å². The van der Waals surface area contributed by atoms with Gasteiger partial charge < -0.3 is 0 Å². The van der Waals surface area contributed by atoms with E-state index in [0.717, 1.165) is 6.07 Å². The van der Waals surface area contributed by atoms with Crippen LogP contribution in [0.5, 0.6) is 0 Å². The summed E-state index contributed by atoms with van der Waals surface area (Å²) in [6.07, 6.45) is -5.29. The minimum atomic E-state index is -4.85. The van der Waals surface area contributed by atoms with Crippen LogP contribution < -0.4 is 0 Å². The van der Waals surface area contributed by atoms with Crippen molar-refractivity contribution in [1.82, 2.24) is 0 Å². The number of carbonyl (C=O) groups excluding carboxylic acids is 1. The fourth-order valence-electron chi connectivity index (χ4n) is 2.60. The highest BCUT2D eigenvalue weighted by molar-refractivity contribution is 6.31. The zero-order valence-electron chi connectivity index (χ0n) is 12.1. The number of hydrogen-bond donors (Lipinski definition) is 0. The van der Waals surface area contributed by atoms with E-state index in [4.69, 9.17) is 11.6 Å². The fraction of sp³-hybridized carbons (Fsp3) is 0.176. The van der Waals surface area contributed by atoms with Gasteiger partial charge in [0.25, 0.3) is 0 Å². The summed E-state index contributed by atoms with van der Waals surface area (Å²) in [4.78, 5) is 15.6. The van der Waals surface area contributed by atoms with Gasteiger partial charge in [0.1, 0.15) is 5.82 Å². The van der Waals surface area contributed by atoms with E-state index < -0.39 is 30.2 Å². The number of nitrogens with zero attached hydrogens (tertiary/aromatic N) is 1.